The molecule has 0 aromatic rings. The van der Waals surface area contributed by atoms with Crippen LogP contribution < -0.4 is 0 Å². The van der Waals surface area contributed by atoms with E-state index in [-0.39, 0.29) is 24.7 Å². The van der Waals surface area contributed by atoms with Crippen LogP contribution in [-0.4, -0.2) is 67.7 Å². The van der Waals surface area contributed by atoms with Crippen molar-refractivity contribution < 1.29 is 28.9 Å². The number of rotatable bonds is 5. The number of carboxylic acids is 1. The number of aliphatic carboxylic acids is 1. The highest BCUT2D eigenvalue weighted by molar-refractivity contribution is 5.71. The first kappa shape index (κ1) is 16.0. The molecule has 0 bridgehead atoms. The summed E-state index contributed by atoms with van der Waals surface area (Å²) in [7, 11) is 0. The highest BCUT2D eigenvalue weighted by Crippen LogP contribution is 2.17. The van der Waals surface area contributed by atoms with Gasteiger partial charge in [-0.3, -0.25) is 4.79 Å². The number of likely N-dealkylation sites (tertiary alicyclic amines) is 1. The molecule has 1 amide bonds. The minimum atomic E-state index is -0.784. The van der Waals surface area contributed by atoms with Crippen LogP contribution in [0.25, 0.3) is 0 Å². The first-order valence-electron chi connectivity index (χ1n) is 7.50. The third-order valence-corrected chi connectivity index (χ3v) is 3.93. The van der Waals surface area contributed by atoms with E-state index in [0.29, 0.717) is 32.5 Å². The lowest BCUT2D eigenvalue weighted by atomic mass is 9.97. The molecule has 21 heavy (non-hydrogen) atoms. The van der Waals surface area contributed by atoms with E-state index in [4.69, 9.17) is 19.3 Å². The van der Waals surface area contributed by atoms with Crippen molar-refractivity contribution in [3.63, 3.8) is 0 Å². The van der Waals surface area contributed by atoms with Gasteiger partial charge in [0.2, 0.25) is 0 Å². The lowest BCUT2D eigenvalue weighted by Gasteiger charge is -2.29. The van der Waals surface area contributed by atoms with Crippen LogP contribution in [0.2, 0.25) is 0 Å². The lowest BCUT2D eigenvalue weighted by Crippen LogP contribution is -2.40. The van der Waals surface area contributed by atoms with E-state index in [1.807, 2.05) is 0 Å². The van der Waals surface area contributed by atoms with Crippen LogP contribution in [0.1, 0.15) is 25.7 Å². The zero-order valence-electron chi connectivity index (χ0n) is 12.2. The fraction of sp³-hybridized carbons (Fsp3) is 0.857. The number of nitrogens with zero attached hydrogens (tertiary/aromatic N) is 1. The quantitative estimate of drug-likeness (QED) is 0.766. The van der Waals surface area contributed by atoms with Gasteiger partial charge in [-0.1, -0.05) is 0 Å². The highest BCUT2D eigenvalue weighted by Gasteiger charge is 2.27. The Hall–Kier alpha value is -1.34. The summed E-state index contributed by atoms with van der Waals surface area (Å²) < 4.78 is 16.0. The number of carbonyl (C=O) groups is 2. The molecule has 0 spiro atoms. The van der Waals surface area contributed by atoms with Crippen molar-refractivity contribution in [2.45, 2.75) is 31.8 Å². The Morgan fingerprint density at radius 2 is 1.76 bits per heavy atom. The first-order chi connectivity index (χ1) is 10.2. The summed E-state index contributed by atoms with van der Waals surface area (Å²) >= 11 is 0. The van der Waals surface area contributed by atoms with Crippen LogP contribution in [0.5, 0.6) is 0 Å². The second-order valence-corrected chi connectivity index (χ2v) is 5.40. The van der Waals surface area contributed by atoms with Gasteiger partial charge in [0.05, 0.1) is 18.6 Å². The van der Waals surface area contributed by atoms with Gasteiger partial charge < -0.3 is 24.2 Å². The van der Waals surface area contributed by atoms with Gasteiger partial charge in [0, 0.05) is 26.3 Å². The van der Waals surface area contributed by atoms with Crippen LogP contribution in [0.3, 0.4) is 0 Å². The maximum atomic E-state index is 11.8. The van der Waals surface area contributed by atoms with E-state index < -0.39 is 5.97 Å². The molecular formula is C14H23NO6. The van der Waals surface area contributed by atoms with Gasteiger partial charge in [0.25, 0.3) is 0 Å². The number of piperidine rings is 1. The Balaban J connectivity index is 1.56. The Kier molecular flexibility index (Phi) is 6.25. The third kappa shape index (κ3) is 5.17. The molecule has 0 saturated carbocycles. The zero-order chi connectivity index (χ0) is 15.1. The van der Waals surface area contributed by atoms with Gasteiger partial charge in [-0.15, -0.1) is 0 Å². The van der Waals surface area contributed by atoms with Crippen LogP contribution in [0, 0.1) is 5.92 Å². The average molecular weight is 301 g/mol. The van der Waals surface area contributed by atoms with Crippen molar-refractivity contribution in [2.75, 3.05) is 39.5 Å². The second-order valence-electron chi connectivity index (χ2n) is 5.40. The van der Waals surface area contributed by atoms with Crippen LogP contribution in [0.4, 0.5) is 4.79 Å². The van der Waals surface area contributed by atoms with Crippen molar-refractivity contribution in [2.24, 2.45) is 5.92 Å². The maximum Gasteiger partial charge on any atom is 0.409 e. The summed E-state index contributed by atoms with van der Waals surface area (Å²) in [5.74, 6) is -1.13. The van der Waals surface area contributed by atoms with Crippen molar-refractivity contribution in [1.29, 1.82) is 0 Å². The summed E-state index contributed by atoms with van der Waals surface area (Å²) in [6.45, 7) is 2.95. The summed E-state index contributed by atoms with van der Waals surface area (Å²) in [6.07, 6.45) is 2.57. The molecule has 2 heterocycles. The van der Waals surface area contributed by atoms with Gasteiger partial charge in [0.1, 0.15) is 6.61 Å². The normalized spacial score (nSPS) is 21.2. The smallest absolute Gasteiger partial charge is 0.409 e. The number of hydrogen-bond acceptors (Lipinski definition) is 5. The molecule has 2 aliphatic rings. The van der Waals surface area contributed by atoms with Crippen LogP contribution in [0.15, 0.2) is 0 Å². The molecule has 0 unspecified atom stereocenters. The number of amides is 1. The molecule has 0 aliphatic carbocycles. The predicted molar refractivity (Wildman–Crippen MR) is 73.1 cm³/mol. The molecule has 0 aromatic heterocycles. The van der Waals surface area contributed by atoms with E-state index >= 15 is 0 Å². The predicted octanol–water partition coefficient (Wildman–Crippen LogP) is 1.12. The van der Waals surface area contributed by atoms with Crippen molar-refractivity contribution in [3.05, 3.63) is 0 Å². The molecule has 0 atom stereocenters. The molecule has 7 heteroatoms. The molecule has 7 nitrogen and oxygen atoms in total. The standard InChI is InChI=1S/C14H23NO6/c16-13(17)11-1-5-15(6-2-11)14(18)21-10-9-20-12-3-7-19-8-4-12/h11-12H,1-10H2,(H,16,17). The summed E-state index contributed by atoms with van der Waals surface area (Å²) in [4.78, 5) is 24.2. The van der Waals surface area contributed by atoms with Gasteiger partial charge in [0.15, 0.2) is 0 Å². The van der Waals surface area contributed by atoms with E-state index in [1.165, 1.54) is 0 Å². The summed E-state index contributed by atoms with van der Waals surface area (Å²) in [5.41, 5.74) is 0. The topological polar surface area (TPSA) is 85.3 Å². The Morgan fingerprint density at radius 1 is 1.10 bits per heavy atom. The van der Waals surface area contributed by atoms with E-state index in [1.54, 1.807) is 4.90 Å². The maximum absolute atomic E-state index is 11.8. The monoisotopic (exact) mass is 301 g/mol. The molecule has 2 fully saturated rings. The van der Waals surface area contributed by atoms with E-state index in [9.17, 15) is 9.59 Å². The lowest BCUT2D eigenvalue weighted by molar-refractivity contribution is -0.143. The first-order valence-corrected chi connectivity index (χ1v) is 7.50. The number of carbonyl (C=O) groups excluding carboxylic acids is 1. The van der Waals surface area contributed by atoms with E-state index in [0.717, 1.165) is 26.1 Å². The van der Waals surface area contributed by atoms with Crippen LogP contribution in [-0.2, 0) is 19.0 Å². The number of carboxylic acid groups (broad SMARTS) is 1. The fourth-order valence-corrected chi connectivity index (χ4v) is 2.59. The Bertz CT molecular complexity index is 347. The van der Waals surface area contributed by atoms with Crippen LogP contribution >= 0.6 is 0 Å². The van der Waals surface area contributed by atoms with E-state index in [2.05, 4.69) is 0 Å². The van der Waals surface area contributed by atoms with Crippen molar-refractivity contribution >= 4 is 12.1 Å². The third-order valence-electron chi connectivity index (χ3n) is 3.93. The molecule has 0 aromatic carbocycles. The summed E-state index contributed by atoms with van der Waals surface area (Å²) in [6, 6.07) is 0. The Morgan fingerprint density at radius 3 is 2.38 bits per heavy atom. The van der Waals surface area contributed by atoms with Crippen molar-refractivity contribution in [1.82, 2.24) is 4.90 Å². The number of hydrogen-bond donors (Lipinski definition) is 1. The molecule has 2 rings (SSSR count). The minimum absolute atomic E-state index is 0.198. The highest BCUT2D eigenvalue weighted by atomic mass is 16.6. The second kappa shape index (κ2) is 8.19. The molecule has 0 radical (unpaired) electrons. The largest absolute Gasteiger partial charge is 0.481 e. The number of ether oxygens (including phenoxy) is 3. The molecule has 2 saturated heterocycles. The van der Waals surface area contributed by atoms with Gasteiger partial charge in [-0.2, -0.15) is 0 Å². The molecule has 2 aliphatic heterocycles. The Labute approximate surface area is 124 Å². The average Bonchev–Trinajstić information content (AvgIpc) is 2.52. The van der Waals surface area contributed by atoms with Crippen molar-refractivity contribution in [3.8, 4) is 0 Å². The molecule has 120 valence electrons. The zero-order valence-corrected chi connectivity index (χ0v) is 12.2. The van der Waals surface area contributed by atoms with Gasteiger partial charge in [-0.05, 0) is 25.7 Å². The molecular weight excluding hydrogens is 278 g/mol. The fourth-order valence-electron chi connectivity index (χ4n) is 2.59. The minimum Gasteiger partial charge on any atom is -0.481 e. The summed E-state index contributed by atoms with van der Waals surface area (Å²) in [5, 5.41) is 8.90. The van der Waals surface area contributed by atoms with Gasteiger partial charge in [-0.25, -0.2) is 4.79 Å². The molecule has 1 N–H and O–H groups in total. The van der Waals surface area contributed by atoms with Gasteiger partial charge >= 0.3 is 12.1 Å². The SMILES string of the molecule is O=C(O)C1CCN(C(=O)OCCOC2CCOCC2)CC1.